The molecule has 330 valence electrons. The van der Waals surface area contributed by atoms with E-state index in [0.29, 0.717) is 0 Å². The summed E-state index contributed by atoms with van der Waals surface area (Å²) in [7, 11) is -2.72. The Bertz CT molecular complexity index is 3290. The lowest BCUT2D eigenvalue weighted by atomic mass is 9.33. The molecular weight excluding hydrogens is 826 g/mol. The SMILES string of the molecule is CC(C)(C)c1ccc2c3c1C1(C)CCCCC1(C)N3c1cc(N3c4ccccc4[Si]4(c5ccccc5-c5ccccc54)c4ccccc43)cc3c1B2c1cccc2c1N3C1(C)CCCCC21C. The number of fused-ring (bicyclic) bond motifs is 19. The number of nitrogens with zero attached hydrogens (tertiary/aromatic N) is 3. The van der Waals surface area contributed by atoms with E-state index in [9.17, 15) is 0 Å². The Morgan fingerprint density at radius 2 is 1.00 bits per heavy atom. The summed E-state index contributed by atoms with van der Waals surface area (Å²) in [5.41, 5.74) is 22.0. The van der Waals surface area contributed by atoms with Gasteiger partial charge in [0.15, 0.2) is 8.07 Å². The molecule has 6 aliphatic heterocycles. The van der Waals surface area contributed by atoms with Crippen LogP contribution in [-0.4, -0.2) is 25.9 Å². The van der Waals surface area contributed by atoms with E-state index in [1.54, 1.807) is 11.1 Å². The average Bonchev–Trinajstić information content (AvgIpc) is 3.84. The molecule has 2 saturated carbocycles. The highest BCUT2D eigenvalue weighted by atomic mass is 28.3. The Kier molecular flexibility index (Phi) is 7.29. The van der Waals surface area contributed by atoms with E-state index < -0.39 is 8.07 Å². The van der Waals surface area contributed by atoms with Gasteiger partial charge in [0.2, 0.25) is 0 Å². The van der Waals surface area contributed by atoms with Crippen LogP contribution >= 0.6 is 0 Å². The van der Waals surface area contributed by atoms with Crippen LogP contribution in [0.4, 0.5) is 39.8 Å². The van der Waals surface area contributed by atoms with Gasteiger partial charge in [-0.05, 0) is 134 Å². The van der Waals surface area contributed by atoms with Crippen molar-refractivity contribution in [3.63, 3.8) is 0 Å². The van der Waals surface area contributed by atoms with Gasteiger partial charge >= 0.3 is 0 Å². The Hall–Kier alpha value is -5.78. The Morgan fingerprint density at radius 3 is 1.61 bits per heavy atom. The molecule has 0 amide bonds. The molecule has 4 unspecified atom stereocenters. The summed E-state index contributed by atoms with van der Waals surface area (Å²) in [5, 5.41) is 6.02. The third-order valence-electron chi connectivity index (χ3n) is 20.0. The lowest BCUT2D eigenvalue weighted by molar-refractivity contribution is 0.193. The Morgan fingerprint density at radius 1 is 0.493 bits per heavy atom. The van der Waals surface area contributed by atoms with Gasteiger partial charge in [-0.2, -0.15) is 0 Å². The van der Waals surface area contributed by atoms with Crippen LogP contribution in [0, 0.1) is 0 Å². The van der Waals surface area contributed by atoms with Crippen LogP contribution in [0.25, 0.3) is 11.1 Å². The van der Waals surface area contributed by atoms with E-state index in [2.05, 4.69) is 203 Å². The summed E-state index contributed by atoms with van der Waals surface area (Å²) in [6.07, 6.45) is 9.93. The molecule has 15 rings (SSSR count). The highest BCUT2D eigenvalue weighted by Crippen LogP contribution is 2.66. The molecule has 7 aromatic carbocycles. The number of para-hydroxylation sites is 3. The number of rotatable bonds is 1. The number of anilines is 7. The van der Waals surface area contributed by atoms with Crippen molar-refractivity contribution in [1.29, 1.82) is 0 Å². The Labute approximate surface area is 399 Å². The molecule has 2 fully saturated rings. The second-order valence-electron chi connectivity index (χ2n) is 23.8. The molecule has 2 aliphatic carbocycles. The van der Waals surface area contributed by atoms with Gasteiger partial charge in [0, 0.05) is 45.0 Å². The first-order valence-electron chi connectivity index (χ1n) is 25.7. The zero-order chi connectivity index (χ0) is 45.2. The van der Waals surface area contributed by atoms with Crippen LogP contribution in [0.1, 0.15) is 117 Å². The fraction of sp³-hybridized carbons (Fsp3) is 0.323. The van der Waals surface area contributed by atoms with Crippen LogP contribution in [-0.2, 0) is 16.2 Å². The summed E-state index contributed by atoms with van der Waals surface area (Å²) < 4.78 is 0. The summed E-state index contributed by atoms with van der Waals surface area (Å²) in [4.78, 5) is 8.66. The van der Waals surface area contributed by atoms with Crippen molar-refractivity contribution in [3.8, 4) is 11.1 Å². The molecule has 6 heterocycles. The van der Waals surface area contributed by atoms with Gasteiger partial charge in [0.25, 0.3) is 6.71 Å². The monoisotopic (exact) mass is 885 g/mol. The molecule has 0 radical (unpaired) electrons. The van der Waals surface area contributed by atoms with Crippen molar-refractivity contribution in [2.75, 3.05) is 14.7 Å². The molecule has 5 heteroatoms. The molecular formula is C62H60BN3Si. The van der Waals surface area contributed by atoms with Gasteiger partial charge in [-0.3, -0.25) is 0 Å². The predicted octanol–water partition coefficient (Wildman–Crippen LogP) is 10.8. The number of hydrogen-bond acceptors (Lipinski definition) is 3. The second kappa shape index (κ2) is 12.5. The quantitative estimate of drug-likeness (QED) is 0.152. The van der Waals surface area contributed by atoms with E-state index in [1.165, 1.54) is 145 Å². The van der Waals surface area contributed by atoms with Crippen LogP contribution in [0.5, 0.6) is 0 Å². The van der Waals surface area contributed by atoms with E-state index >= 15 is 0 Å². The van der Waals surface area contributed by atoms with Crippen LogP contribution in [0.2, 0.25) is 0 Å². The fourth-order valence-electron chi connectivity index (χ4n) is 16.8. The van der Waals surface area contributed by atoms with Crippen molar-refractivity contribution in [2.45, 2.75) is 127 Å². The summed E-state index contributed by atoms with van der Waals surface area (Å²) in [6.45, 7) is 18.1. The van der Waals surface area contributed by atoms with Crippen molar-refractivity contribution in [2.24, 2.45) is 0 Å². The van der Waals surface area contributed by atoms with Crippen molar-refractivity contribution >= 4 is 91.7 Å². The summed E-state index contributed by atoms with van der Waals surface area (Å²) >= 11 is 0. The first-order valence-corrected chi connectivity index (χ1v) is 27.7. The lowest BCUT2D eigenvalue weighted by Crippen LogP contribution is -2.75. The normalized spacial score (nSPS) is 26.8. The van der Waals surface area contributed by atoms with Crippen molar-refractivity contribution < 1.29 is 0 Å². The summed E-state index contributed by atoms with van der Waals surface area (Å²) in [5.74, 6) is 0. The molecule has 0 N–H and O–H groups in total. The van der Waals surface area contributed by atoms with Gasteiger partial charge < -0.3 is 14.7 Å². The molecule has 7 aromatic rings. The number of hydrogen-bond donors (Lipinski definition) is 0. The van der Waals surface area contributed by atoms with Crippen LogP contribution < -0.4 is 51.8 Å². The van der Waals surface area contributed by atoms with E-state index in [4.69, 9.17) is 0 Å². The lowest BCUT2D eigenvalue weighted by Gasteiger charge is -2.55. The van der Waals surface area contributed by atoms with Crippen molar-refractivity contribution in [3.05, 3.63) is 156 Å². The third kappa shape index (κ3) is 4.25. The Balaban J connectivity index is 1.07. The van der Waals surface area contributed by atoms with Gasteiger partial charge in [0.05, 0.1) is 16.8 Å². The van der Waals surface area contributed by atoms with Gasteiger partial charge in [-0.1, -0.05) is 176 Å². The molecule has 3 nitrogen and oxygen atoms in total. The van der Waals surface area contributed by atoms with Gasteiger partial charge in [-0.15, -0.1) is 0 Å². The minimum absolute atomic E-state index is 0.0104. The maximum absolute atomic E-state index is 2.99. The zero-order valence-corrected chi connectivity index (χ0v) is 41.4. The number of benzene rings is 7. The largest absolute Gasteiger partial charge is 0.335 e. The maximum atomic E-state index is 2.99. The molecule has 0 bridgehead atoms. The minimum Gasteiger partial charge on any atom is -0.335 e. The average molecular weight is 886 g/mol. The first-order chi connectivity index (χ1) is 32.4. The van der Waals surface area contributed by atoms with Gasteiger partial charge in [0.1, 0.15) is 0 Å². The van der Waals surface area contributed by atoms with E-state index in [-0.39, 0.29) is 34.0 Å². The second-order valence-corrected chi connectivity index (χ2v) is 27.4. The predicted molar refractivity (Wildman–Crippen MR) is 286 cm³/mol. The van der Waals surface area contributed by atoms with Crippen LogP contribution in [0.3, 0.4) is 0 Å². The van der Waals surface area contributed by atoms with Crippen molar-refractivity contribution in [1.82, 2.24) is 0 Å². The van der Waals surface area contributed by atoms with Gasteiger partial charge in [-0.25, -0.2) is 0 Å². The smallest absolute Gasteiger partial charge is 0.252 e. The third-order valence-corrected chi connectivity index (χ3v) is 25.0. The fourth-order valence-corrected chi connectivity index (χ4v) is 22.3. The molecule has 1 spiro atoms. The topological polar surface area (TPSA) is 9.72 Å². The van der Waals surface area contributed by atoms with Crippen LogP contribution in [0.15, 0.2) is 140 Å². The van der Waals surface area contributed by atoms with E-state index in [0.717, 1.165) is 0 Å². The highest BCUT2D eigenvalue weighted by Gasteiger charge is 2.66. The zero-order valence-electron chi connectivity index (χ0n) is 40.4. The molecule has 4 atom stereocenters. The molecule has 0 saturated heterocycles. The molecule has 67 heavy (non-hydrogen) atoms. The minimum atomic E-state index is -2.72. The first kappa shape index (κ1) is 39.2. The van der Waals surface area contributed by atoms with E-state index in [1.807, 2.05) is 0 Å². The standard InChI is InChI=1S/C62H60BN3Si/c1-58(2,3)42-31-32-45-57-54(42)60(5)34-17-19-36-62(60,7)66(57)49-38-39(37-48-55(49)63(45)44-24-20-23-43-56(44)65(48)61(6)35-18-16-33-59(43,61)4)64-46-25-10-14-29-52(46)67(53-30-15-11-26-47(53)64)50-27-12-8-21-40(50)41-22-9-13-28-51(41)67/h8-15,20-32,37-38H,16-19,33-36H2,1-7H3. The highest BCUT2D eigenvalue weighted by molar-refractivity contribution is 7.23. The summed E-state index contributed by atoms with van der Waals surface area (Å²) in [6, 6.07) is 56.0. The maximum Gasteiger partial charge on any atom is 0.252 e. The molecule has 8 aliphatic rings. The molecule has 0 aromatic heterocycles.